The lowest BCUT2D eigenvalue weighted by Gasteiger charge is -2.25. The van der Waals surface area contributed by atoms with Gasteiger partial charge in [0.25, 0.3) is 0 Å². The lowest BCUT2D eigenvalue weighted by molar-refractivity contribution is -0.193. The van der Waals surface area contributed by atoms with Crippen molar-refractivity contribution in [3.8, 4) is 0 Å². The van der Waals surface area contributed by atoms with Gasteiger partial charge in [0.1, 0.15) is 0 Å². The van der Waals surface area contributed by atoms with E-state index >= 15 is 0 Å². The zero-order valence-corrected chi connectivity index (χ0v) is 9.75. The van der Waals surface area contributed by atoms with Gasteiger partial charge < -0.3 is 0 Å². The van der Waals surface area contributed by atoms with Gasteiger partial charge >= 0.3 is 6.18 Å². The van der Waals surface area contributed by atoms with Crippen LogP contribution in [0.4, 0.5) is 13.2 Å². The first kappa shape index (κ1) is 13.0. The molecule has 0 radical (unpaired) electrons. The third-order valence-electron chi connectivity index (χ3n) is 1.95. The highest BCUT2D eigenvalue weighted by Crippen LogP contribution is 2.39. The average molecular weight is 259 g/mol. The smallest absolute Gasteiger partial charge is 0.170 e. The summed E-state index contributed by atoms with van der Waals surface area (Å²) in [5.74, 6) is 0. The normalized spacial score (nSPS) is 17.4. The fourth-order valence-electron chi connectivity index (χ4n) is 0.766. The van der Waals surface area contributed by atoms with Crippen LogP contribution in [-0.2, 0) is 0 Å². The minimum Gasteiger partial charge on any atom is -0.170 e. The minimum absolute atomic E-state index is 0.0193. The summed E-state index contributed by atoms with van der Waals surface area (Å²) in [7, 11) is 0. The summed E-state index contributed by atoms with van der Waals surface area (Å²) < 4.78 is 37.2. The van der Waals surface area contributed by atoms with E-state index in [9.17, 15) is 13.2 Å². The second kappa shape index (κ2) is 4.03. The number of alkyl halides is 4. The molecule has 0 saturated heterocycles. The third kappa shape index (κ3) is 3.71. The van der Waals surface area contributed by atoms with Crippen LogP contribution in [0.2, 0.25) is 0 Å². The average Bonchev–Trinajstić information content (AvgIpc) is 1.83. The van der Waals surface area contributed by atoms with Gasteiger partial charge in [0.2, 0.25) is 0 Å². The van der Waals surface area contributed by atoms with Gasteiger partial charge in [0, 0.05) is 4.83 Å². The van der Waals surface area contributed by atoms with Crippen molar-refractivity contribution in [2.24, 2.45) is 5.41 Å². The summed E-state index contributed by atoms with van der Waals surface area (Å²) in [6.07, 6.45) is -2.93. The van der Waals surface area contributed by atoms with Crippen molar-refractivity contribution in [3.05, 3.63) is 11.6 Å². The van der Waals surface area contributed by atoms with Gasteiger partial charge in [-0.15, -0.1) is 0 Å². The van der Waals surface area contributed by atoms with Crippen molar-refractivity contribution in [3.63, 3.8) is 0 Å². The Morgan fingerprint density at radius 1 is 1.31 bits per heavy atom. The number of rotatable bonds is 2. The Morgan fingerprint density at radius 2 is 1.69 bits per heavy atom. The van der Waals surface area contributed by atoms with Crippen molar-refractivity contribution in [1.82, 2.24) is 0 Å². The second-order valence-electron chi connectivity index (χ2n) is 3.72. The molecule has 0 aliphatic heterocycles. The van der Waals surface area contributed by atoms with E-state index in [0.29, 0.717) is 5.57 Å². The van der Waals surface area contributed by atoms with E-state index in [-0.39, 0.29) is 4.83 Å². The van der Waals surface area contributed by atoms with Crippen LogP contribution in [0.1, 0.15) is 27.7 Å². The van der Waals surface area contributed by atoms with E-state index < -0.39 is 11.6 Å². The zero-order chi connectivity index (χ0) is 10.9. The summed E-state index contributed by atoms with van der Waals surface area (Å²) in [4.78, 5) is -0.0193. The number of hydrogen-bond donors (Lipinski definition) is 0. The summed E-state index contributed by atoms with van der Waals surface area (Å²) in [5.41, 5.74) is -1.05. The highest BCUT2D eigenvalue weighted by Gasteiger charge is 2.45. The third-order valence-corrected chi connectivity index (χ3v) is 2.67. The number of hydrogen-bond acceptors (Lipinski definition) is 0. The summed E-state index contributed by atoms with van der Waals surface area (Å²) >= 11 is 3.22. The van der Waals surface area contributed by atoms with Crippen molar-refractivity contribution < 1.29 is 13.2 Å². The fourth-order valence-corrected chi connectivity index (χ4v) is 0.898. The van der Waals surface area contributed by atoms with E-state index in [1.807, 2.05) is 0 Å². The standard InChI is InChI=1S/C9H14BrF3/c1-6(7(2)10)5-8(3,4)9(11,12)13/h5,7H,1-4H3/b6-5-. The second-order valence-corrected chi connectivity index (χ2v) is 5.10. The van der Waals surface area contributed by atoms with Crippen LogP contribution in [0.5, 0.6) is 0 Å². The van der Waals surface area contributed by atoms with Crippen molar-refractivity contribution in [2.75, 3.05) is 0 Å². The Labute approximate surface area is 85.3 Å². The molecule has 78 valence electrons. The van der Waals surface area contributed by atoms with Crippen LogP contribution < -0.4 is 0 Å². The van der Waals surface area contributed by atoms with Crippen molar-refractivity contribution in [1.29, 1.82) is 0 Å². The first-order valence-electron chi connectivity index (χ1n) is 3.98. The molecule has 0 aromatic rings. The van der Waals surface area contributed by atoms with E-state index in [0.717, 1.165) is 0 Å². The van der Waals surface area contributed by atoms with E-state index in [4.69, 9.17) is 0 Å². The molecular formula is C9H14BrF3. The first-order chi connectivity index (χ1) is 5.58. The Kier molecular flexibility index (Phi) is 4.03. The van der Waals surface area contributed by atoms with Gasteiger partial charge in [0.15, 0.2) is 0 Å². The summed E-state index contributed by atoms with van der Waals surface area (Å²) in [6.45, 7) is 5.84. The SMILES string of the molecule is C/C(=C/C(C)(C)C(F)(F)F)C(C)Br. The maximum Gasteiger partial charge on any atom is 0.397 e. The lowest BCUT2D eigenvalue weighted by Crippen LogP contribution is -2.30. The molecule has 1 unspecified atom stereocenters. The topological polar surface area (TPSA) is 0 Å². The molecule has 13 heavy (non-hydrogen) atoms. The van der Waals surface area contributed by atoms with Gasteiger partial charge in [-0.2, -0.15) is 13.2 Å². The molecule has 0 aliphatic rings. The molecule has 0 spiro atoms. The monoisotopic (exact) mass is 258 g/mol. The van der Waals surface area contributed by atoms with Crippen molar-refractivity contribution in [2.45, 2.75) is 38.7 Å². The summed E-state index contributed by atoms with van der Waals surface area (Å²) in [6, 6.07) is 0. The van der Waals surface area contributed by atoms with Crippen LogP contribution in [0.25, 0.3) is 0 Å². The predicted octanol–water partition coefficient (Wildman–Crippen LogP) is 4.30. The number of halogens is 4. The van der Waals surface area contributed by atoms with Crippen LogP contribution in [0, 0.1) is 5.41 Å². The van der Waals surface area contributed by atoms with Gasteiger partial charge in [-0.05, 0) is 27.7 Å². The summed E-state index contributed by atoms with van der Waals surface area (Å²) in [5, 5.41) is 0. The molecule has 0 fully saturated rings. The molecule has 0 bridgehead atoms. The van der Waals surface area contributed by atoms with Gasteiger partial charge in [-0.25, -0.2) is 0 Å². The molecule has 0 nitrogen and oxygen atoms in total. The predicted molar refractivity (Wildman–Crippen MR) is 52.0 cm³/mol. The molecule has 4 heteroatoms. The van der Waals surface area contributed by atoms with Crippen LogP contribution in [0.3, 0.4) is 0 Å². The molecule has 0 amide bonds. The highest BCUT2D eigenvalue weighted by atomic mass is 79.9. The lowest BCUT2D eigenvalue weighted by atomic mass is 9.90. The van der Waals surface area contributed by atoms with Crippen LogP contribution >= 0.6 is 15.9 Å². The molecule has 0 aliphatic carbocycles. The maximum absolute atomic E-state index is 12.4. The van der Waals surface area contributed by atoms with Gasteiger partial charge in [-0.3, -0.25) is 0 Å². The molecule has 0 N–H and O–H groups in total. The highest BCUT2D eigenvalue weighted by molar-refractivity contribution is 9.09. The molecule has 0 aromatic carbocycles. The van der Waals surface area contributed by atoms with Gasteiger partial charge in [-0.1, -0.05) is 27.6 Å². The van der Waals surface area contributed by atoms with Crippen molar-refractivity contribution >= 4 is 15.9 Å². The molecule has 0 saturated carbocycles. The molecule has 0 aromatic heterocycles. The molecule has 0 rings (SSSR count). The van der Waals surface area contributed by atoms with E-state index in [1.54, 1.807) is 13.8 Å². The Morgan fingerprint density at radius 3 is 1.92 bits per heavy atom. The van der Waals surface area contributed by atoms with Crippen LogP contribution in [-0.4, -0.2) is 11.0 Å². The van der Waals surface area contributed by atoms with Crippen LogP contribution in [0.15, 0.2) is 11.6 Å². The quantitative estimate of drug-likeness (QED) is 0.512. The first-order valence-corrected chi connectivity index (χ1v) is 4.89. The Balaban J connectivity index is 4.78. The van der Waals surface area contributed by atoms with E-state index in [1.165, 1.54) is 19.9 Å². The Bertz CT molecular complexity index is 201. The van der Waals surface area contributed by atoms with Gasteiger partial charge in [0.05, 0.1) is 5.41 Å². The fraction of sp³-hybridized carbons (Fsp3) is 0.778. The number of allylic oxidation sites excluding steroid dienone is 2. The zero-order valence-electron chi connectivity index (χ0n) is 8.17. The maximum atomic E-state index is 12.4. The Hall–Kier alpha value is 0.01000. The molecule has 1 atom stereocenters. The molecule has 0 heterocycles. The van der Waals surface area contributed by atoms with E-state index in [2.05, 4.69) is 15.9 Å². The minimum atomic E-state index is -4.18. The largest absolute Gasteiger partial charge is 0.397 e. The molecular weight excluding hydrogens is 245 g/mol.